The summed E-state index contributed by atoms with van der Waals surface area (Å²) >= 11 is 6.56. The van der Waals surface area contributed by atoms with E-state index in [1.165, 1.54) is 6.08 Å². The van der Waals surface area contributed by atoms with E-state index in [0.717, 1.165) is 5.39 Å². The summed E-state index contributed by atoms with van der Waals surface area (Å²) in [5.74, 6) is -0.418. The van der Waals surface area contributed by atoms with Gasteiger partial charge in [-0.05, 0) is 31.7 Å². The van der Waals surface area contributed by atoms with Crippen molar-refractivity contribution in [3.8, 4) is 17.1 Å². The summed E-state index contributed by atoms with van der Waals surface area (Å²) in [5, 5.41) is 2.36. The van der Waals surface area contributed by atoms with Gasteiger partial charge in [0.25, 0.3) is 0 Å². The number of likely N-dealkylation sites (N-methyl/N-ethyl adjacent to an activating group) is 1. The van der Waals surface area contributed by atoms with Gasteiger partial charge < -0.3 is 19.4 Å². The highest BCUT2D eigenvalue weighted by molar-refractivity contribution is 6.36. The van der Waals surface area contributed by atoms with Crippen LogP contribution in [-0.2, 0) is 4.79 Å². The number of fused-ring (bicyclic) bond motifs is 2. The number of aromatic nitrogens is 3. The molecule has 2 aromatic carbocycles. The molecule has 0 aliphatic carbocycles. The summed E-state index contributed by atoms with van der Waals surface area (Å²) < 4.78 is 36.6. The summed E-state index contributed by atoms with van der Waals surface area (Å²) in [6, 6.07) is 8.21. The van der Waals surface area contributed by atoms with Crippen molar-refractivity contribution >= 4 is 45.0 Å². The molecule has 0 unspecified atom stereocenters. The largest absolute Gasteiger partial charge is 0.462 e. The van der Waals surface area contributed by atoms with Gasteiger partial charge >= 0.3 is 6.01 Å². The third-order valence-electron chi connectivity index (χ3n) is 8.37. The van der Waals surface area contributed by atoms with Crippen LogP contribution in [0.2, 0.25) is 5.02 Å². The van der Waals surface area contributed by atoms with Gasteiger partial charge in [0, 0.05) is 76.9 Å². The SMILES string of the molecule is [C-]#[N+]C[C@H]1CN(c2nc(OC[C@@H]3C[C@@H](F)CN3C)nc3c(F)c(-c4cncc5cccc(Cl)c45)ccc23)CCN1C(=O)C=C. The fraction of sp³-hybridized carbons (Fsp3) is 0.344. The Morgan fingerprint density at radius 2 is 2.02 bits per heavy atom. The number of anilines is 1. The predicted molar refractivity (Wildman–Crippen MR) is 166 cm³/mol. The fourth-order valence-electron chi connectivity index (χ4n) is 6.13. The lowest BCUT2D eigenvalue weighted by Crippen LogP contribution is -2.56. The molecule has 2 aliphatic heterocycles. The molecule has 1 amide bonds. The Labute approximate surface area is 258 Å². The van der Waals surface area contributed by atoms with Crippen molar-refractivity contribution in [1.29, 1.82) is 0 Å². The molecule has 0 bridgehead atoms. The summed E-state index contributed by atoms with van der Waals surface area (Å²) in [6.07, 6.45) is 3.87. The molecule has 4 heterocycles. The number of amides is 1. The van der Waals surface area contributed by atoms with Gasteiger partial charge in [-0.1, -0.05) is 36.4 Å². The summed E-state index contributed by atoms with van der Waals surface area (Å²) in [5.41, 5.74) is 0.828. The topological polar surface area (TPSA) is 79.1 Å². The van der Waals surface area contributed by atoms with E-state index in [0.29, 0.717) is 59.8 Å². The number of ether oxygens (including phenoxy) is 1. The maximum absolute atomic E-state index is 16.6. The molecule has 9 nitrogen and oxygen atoms in total. The van der Waals surface area contributed by atoms with Gasteiger partial charge in [0.1, 0.15) is 30.2 Å². The zero-order valence-electron chi connectivity index (χ0n) is 24.1. The van der Waals surface area contributed by atoms with Crippen LogP contribution in [0.3, 0.4) is 0 Å². The number of alkyl halides is 1. The number of halogens is 3. The maximum Gasteiger partial charge on any atom is 0.319 e. The van der Waals surface area contributed by atoms with E-state index in [1.54, 1.807) is 35.5 Å². The Morgan fingerprint density at radius 1 is 1.18 bits per heavy atom. The van der Waals surface area contributed by atoms with Crippen LogP contribution in [0.15, 0.2) is 55.4 Å². The number of carbonyl (C=O) groups is 1. The van der Waals surface area contributed by atoms with Gasteiger partial charge in [-0.25, -0.2) is 15.4 Å². The van der Waals surface area contributed by atoms with Crippen LogP contribution in [0.4, 0.5) is 14.6 Å². The smallest absolute Gasteiger partial charge is 0.319 e. The van der Waals surface area contributed by atoms with Crippen LogP contribution in [-0.4, -0.2) is 95.3 Å². The van der Waals surface area contributed by atoms with E-state index in [1.807, 2.05) is 29.0 Å². The Hall–Kier alpha value is -4.40. The van der Waals surface area contributed by atoms with E-state index in [9.17, 15) is 9.18 Å². The van der Waals surface area contributed by atoms with Crippen molar-refractivity contribution in [2.45, 2.75) is 24.7 Å². The monoisotopic (exact) mass is 617 g/mol. The second kappa shape index (κ2) is 12.3. The Balaban J connectivity index is 1.45. The van der Waals surface area contributed by atoms with Crippen molar-refractivity contribution in [2.24, 2.45) is 0 Å². The number of hydrogen-bond acceptors (Lipinski definition) is 7. The number of piperazine rings is 1. The number of hydrogen-bond donors (Lipinski definition) is 0. The van der Waals surface area contributed by atoms with Gasteiger partial charge in [0.2, 0.25) is 12.5 Å². The van der Waals surface area contributed by atoms with Crippen molar-refractivity contribution in [3.05, 3.63) is 77.6 Å². The average Bonchev–Trinajstić information content (AvgIpc) is 3.36. The van der Waals surface area contributed by atoms with E-state index >= 15 is 4.39 Å². The molecule has 44 heavy (non-hydrogen) atoms. The average molecular weight is 618 g/mol. The van der Waals surface area contributed by atoms with Gasteiger partial charge in [-0.3, -0.25) is 14.7 Å². The Kier molecular flexibility index (Phi) is 8.29. The highest BCUT2D eigenvalue weighted by atomic mass is 35.5. The molecule has 0 spiro atoms. The van der Waals surface area contributed by atoms with Gasteiger partial charge in [0.05, 0.1) is 0 Å². The van der Waals surface area contributed by atoms with Crippen molar-refractivity contribution in [2.75, 3.05) is 51.3 Å². The first-order chi connectivity index (χ1) is 21.3. The molecule has 2 aliphatic rings. The molecule has 12 heteroatoms. The number of benzene rings is 2. The highest BCUT2D eigenvalue weighted by Crippen LogP contribution is 2.38. The van der Waals surface area contributed by atoms with Gasteiger partial charge in [-0.15, -0.1) is 0 Å². The maximum atomic E-state index is 16.6. The standard InChI is InChI=1S/C32H30ClF2N7O2/c1-4-27(43)42-11-10-41(17-22(42)14-36-2)31-24-9-8-23(25-15-37-13-19-6-5-7-26(33)28(19)25)29(35)30(24)38-32(39-31)44-18-21-12-20(34)16-40(21)3/h4-9,13,15,20-22H,1,10-12,14,16-18H2,3H3/t20-,21+,22+/m1/s1. The molecule has 226 valence electrons. The van der Waals surface area contributed by atoms with Crippen LogP contribution in [0.1, 0.15) is 6.42 Å². The summed E-state index contributed by atoms with van der Waals surface area (Å²) in [4.78, 5) is 35.0. The zero-order valence-corrected chi connectivity index (χ0v) is 24.8. The van der Waals surface area contributed by atoms with Crippen molar-refractivity contribution in [1.82, 2.24) is 24.8 Å². The van der Waals surface area contributed by atoms with E-state index in [4.69, 9.17) is 27.9 Å². The first-order valence-corrected chi connectivity index (χ1v) is 14.7. The van der Waals surface area contributed by atoms with Crippen LogP contribution >= 0.6 is 11.6 Å². The minimum Gasteiger partial charge on any atom is -0.462 e. The normalized spacial score (nSPS) is 20.7. The third-order valence-corrected chi connectivity index (χ3v) is 8.69. The second-order valence-electron chi connectivity index (χ2n) is 11.1. The highest BCUT2D eigenvalue weighted by Gasteiger charge is 2.34. The lowest BCUT2D eigenvalue weighted by Gasteiger charge is -2.39. The Bertz CT molecular complexity index is 1790. The fourth-order valence-corrected chi connectivity index (χ4v) is 6.41. The molecule has 0 saturated carbocycles. The molecule has 0 N–H and O–H groups in total. The van der Waals surface area contributed by atoms with Crippen molar-refractivity contribution < 1.29 is 18.3 Å². The van der Waals surface area contributed by atoms with Gasteiger partial charge in [0.15, 0.2) is 5.82 Å². The molecule has 3 atom stereocenters. The Morgan fingerprint density at radius 3 is 2.77 bits per heavy atom. The molecular formula is C32H30ClF2N7O2. The van der Waals surface area contributed by atoms with E-state index < -0.39 is 18.0 Å². The van der Waals surface area contributed by atoms with Gasteiger partial charge in [-0.2, -0.15) is 9.97 Å². The summed E-state index contributed by atoms with van der Waals surface area (Å²) in [6.45, 7) is 12.6. The number of likely N-dealkylation sites (tertiary alicyclic amines) is 1. The van der Waals surface area contributed by atoms with Crippen LogP contribution in [0.25, 0.3) is 37.6 Å². The minimum absolute atomic E-state index is 0.0420. The van der Waals surface area contributed by atoms with E-state index in [-0.39, 0.29) is 42.2 Å². The molecule has 4 aromatic rings. The number of carbonyl (C=O) groups excluding carboxylic acids is 1. The molecular weight excluding hydrogens is 588 g/mol. The van der Waals surface area contributed by atoms with Crippen LogP contribution < -0.4 is 9.64 Å². The third kappa shape index (κ3) is 5.51. The first-order valence-electron chi connectivity index (χ1n) is 14.3. The first kappa shape index (κ1) is 29.7. The van der Waals surface area contributed by atoms with E-state index in [2.05, 4.69) is 21.4 Å². The zero-order chi connectivity index (χ0) is 31.0. The molecule has 2 aromatic heterocycles. The lowest BCUT2D eigenvalue weighted by molar-refractivity contribution is -0.128. The minimum atomic E-state index is -0.947. The molecule has 6 rings (SSSR count). The summed E-state index contributed by atoms with van der Waals surface area (Å²) in [7, 11) is 1.83. The van der Waals surface area contributed by atoms with Crippen LogP contribution in [0, 0.1) is 12.4 Å². The number of nitrogens with zero attached hydrogens (tertiary/aromatic N) is 7. The quantitative estimate of drug-likeness (QED) is 0.209. The molecule has 2 saturated heterocycles. The van der Waals surface area contributed by atoms with Crippen molar-refractivity contribution in [3.63, 3.8) is 0 Å². The second-order valence-corrected chi connectivity index (χ2v) is 11.5. The predicted octanol–water partition coefficient (Wildman–Crippen LogP) is 5.18. The number of rotatable bonds is 7. The van der Waals surface area contributed by atoms with Crippen LogP contribution in [0.5, 0.6) is 6.01 Å². The number of pyridine rings is 1. The molecule has 0 radical (unpaired) electrons. The lowest BCUT2D eigenvalue weighted by atomic mass is 9.99. The molecule has 2 fully saturated rings.